The van der Waals surface area contributed by atoms with Crippen LogP contribution in [-0.4, -0.2) is 19.0 Å². The average Bonchev–Trinajstić information content (AvgIpc) is 1.68. The van der Waals surface area contributed by atoms with Crippen LogP contribution >= 0.6 is 0 Å². The second-order valence-electron chi connectivity index (χ2n) is 1.18. The maximum atomic E-state index is 5.14. The molecule has 7 heavy (non-hydrogen) atoms. The molecule has 0 aromatic heterocycles. The Bertz CT molecular complexity index is 84.9. The molecule has 0 spiro atoms. The van der Waals surface area contributed by atoms with E-state index in [1.54, 1.807) is 6.92 Å². The van der Waals surface area contributed by atoms with Crippen molar-refractivity contribution in [3.63, 3.8) is 0 Å². The van der Waals surface area contributed by atoms with Gasteiger partial charge < -0.3 is 5.73 Å². The molecule has 0 radical (unpaired) electrons. The maximum absolute atomic E-state index is 5.14. The van der Waals surface area contributed by atoms with Crippen LogP contribution in [0.25, 0.3) is 0 Å². The van der Waals surface area contributed by atoms with Crippen molar-refractivity contribution in [2.45, 2.75) is 6.92 Å². The van der Waals surface area contributed by atoms with Gasteiger partial charge in [-0.25, -0.2) is 0 Å². The van der Waals surface area contributed by atoms with Gasteiger partial charge in [0.25, 0.3) is 0 Å². The molecule has 0 saturated carbocycles. The molecule has 3 heteroatoms. The summed E-state index contributed by atoms with van der Waals surface area (Å²) in [6, 6.07) is 0. The number of nitrogens with zero attached hydrogens (tertiary/aromatic N) is 2. The summed E-state index contributed by atoms with van der Waals surface area (Å²) in [6.07, 6.45) is 0. The summed E-state index contributed by atoms with van der Waals surface area (Å²) in [6.45, 7) is 5.41. The van der Waals surface area contributed by atoms with Crippen molar-refractivity contribution in [3.8, 4) is 0 Å². The molecule has 0 saturated heterocycles. The smallest absolute Gasteiger partial charge is 0.0510 e. The largest absolute Gasteiger partial charge is 0.325 e. The first-order valence-corrected chi connectivity index (χ1v) is 2.00. The van der Waals surface area contributed by atoms with E-state index in [0.717, 1.165) is 5.71 Å². The summed E-state index contributed by atoms with van der Waals surface area (Å²) in [5.74, 6) is 0. The molecular formula is C4H9N3. The topological polar surface area (TPSA) is 50.7 Å². The summed E-state index contributed by atoms with van der Waals surface area (Å²) in [4.78, 5) is 0. The molecule has 0 rings (SSSR count). The Kier molecular flexibility index (Phi) is 3.14. The molecule has 0 aromatic carbocycles. The quantitative estimate of drug-likeness (QED) is 0.385. The lowest BCUT2D eigenvalue weighted by Crippen LogP contribution is -2.08. The first-order valence-electron chi connectivity index (χ1n) is 2.00. The minimum atomic E-state index is 0.457. The summed E-state index contributed by atoms with van der Waals surface area (Å²) < 4.78 is 0. The lowest BCUT2D eigenvalue weighted by Gasteiger charge is -1.84. The van der Waals surface area contributed by atoms with Gasteiger partial charge in [-0.15, -0.1) is 0 Å². The third kappa shape index (κ3) is 3.12. The molecule has 0 atom stereocenters. The monoisotopic (exact) mass is 99.1 g/mol. The summed E-state index contributed by atoms with van der Waals surface area (Å²) in [5.41, 5.74) is 5.94. The summed E-state index contributed by atoms with van der Waals surface area (Å²) >= 11 is 0. The Morgan fingerprint density at radius 2 is 2.43 bits per heavy atom. The number of hydrogen-bond acceptors (Lipinski definition) is 3. The fraction of sp³-hybridized carbons (Fsp3) is 0.500. The van der Waals surface area contributed by atoms with Gasteiger partial charge in [0.15, 0.2) is 0 Å². The van der Waals surface area contributed by atoms with E-state index < -0.39 is 0 Å². The van der Waals surface area contributed by atoms with Crippen molar-refractivity contribution in [2.75, 3.05) is 6.54 Å². The standard InChI is InChI=1S/C4H9N3/c1-4(3-5)7-6-2/h2-3,5H2,1H3/b7-4-. The molecule has 0 aliphatic rings. The van der Waals surface area contributed by atoms with Gasteiger partial charge >= 0.3 is 0 Å². The molecular weight excluding hydrogens is 90.1 g/mol. The Morgan fingerprint density at radius 3 is 2.57 bits per heavy atom. The van der Waals surface area contributed by atoms with Crippen LogP contribution in [0.1, 0.15) is 6.92 Å². The van der Waals surface area contributed by atoms with Crippen molar-refractivity contribution < 1.29 is 0 Å². The predicted molar refractivity (Wildman–Crippen MR) is 31.7 cm³/mol. The van der Waals surface area contributed by atoms with Crippen LogP contribution in [0.3, 0.4) is 0 Å². The minimum Gasteiger partial charge on any atom is -0.325 e. The number of nitrogens with two attached hydrogens (primary N) is 1. The lowest BCUT2D eigenvalue weighted by molar-refractivity contribution is 1.19. The molecule has 0 unspecified atom stereocenters. The van der Waals surface area contributed by atoms with Gasteiger partial charge in [0.1, 0.15) is 0 Å². The maximum Gasteiger partial charge on any atom is 0.0510 e. The van der Waals surface area contributed by atoms with Gasteiger partial charge in [-0.2, -0.15) is 10.2 Å². The highest BCUT2D eigenvalue weighted by Gasteiger charge is 1.78. The van der Waals surface area contributed by atoms with E-state index >= 15 is 0 Å². The zero-order chi connectivity index (χ0) is 5.70. The van der Waals surface area contributed by atoms with E-state index in [-0.39, 0.29) is 0 Å². The highest BCUT2D eigenvalue weighted by Crippen LogP contribution is 1.70. The first-order chi connectivity index (χ1) is 3.31. The van der Waals surface area contributed by atoms with Crippen LogP contribution in [0.15, 0.2) is 10.2 Å². The Balaban J connectivity index is 3.49. The molecule has 0 bridgehead atoms. The molecule has 0 amide bonds. The van der Waals surface area contributed by atoms with Crippen LogP contribution in [-0.2, 0) is 0 Å². The van der Waals surface area contributed by atoms with Gasteiger partial charge in [-0.05, 0) is 6.92 Å². The average molecular weight is 99.1 g/mol. The summed E-state index contributed by atoms with van der Waals surface area (Å²) in [5, 5.41) is 6.81. The highest BCUT2D eigenvalue weighted by atomic mass is 15.2. The molecule has 0 aromatic rings. The fourth-order valence-corrected chi connectivity index (χ4v) is 0.162. The number of rotatable bonds is 2. The zero-order valence-corrected chi connectivity index (χ0v) is 4.39. The van der Waals surface area contributed by atoms with Crippen molar-refractivity contribution in [1.82, 2.24) is 0 Å². The van der Waals surface area contributed by atoms with Gasteiger partial charge in [0.2, 0.25) is 0 Å². The van der Waals surface area contributed by atoms with Crippen LogP contribution in [0.2, 0.25) is 0 Å². The second-order valence-corrected chi connectivity index (χ2v) is 1.18. The van der Waals surface area contributed by atoms with E-state index in [1.165, 1.54) is 0 Å². The van der Waals surface area contributed by atoms with E-state index in [0.29, 0.717) is 6.54 Å². The molecule has 40 valence electrons. The third-order valence-electron chi connectivity index (χ3n) is 0.537. The number of hydrogen-bond donors (Lipinski definition) is 1. The van der Waals surface area contributed by atoms with Crippen molar-refractivity contribution in [2.24, 2.45) is 15.9 Å². The van der Waals surface area contributed by atoms with Gasteiger partial charge in [-0.3, -0.25) is 0 Å². The minimum absolute atomic E-state index is 0.457. The van der Waals surface area contributed by atoms with Crippen molar-refractivity contribution in [1.29, 1.82) is 0 Å². The van der Waals surface area contributed by atoms with Gasteiger partial charge in [0, 0.05) is 13.3 Å². The van der Waals surface area contributed by atoms with Gasteiger partial charge in [0.05, 0.1) is 5.71 Å². The Hall–Kier alpha value is -0.700. The summed E-state index contributed by atoms with van der Waals surface area (Å²) in [7, 11) is 0. The normalized spacial score (nSPS) is 11.4. The molecule has 0 aliphatic carbocycles. The van der Waals surface area contributed by atoms with E-state index in [4.69, 9.17) is 5.73 Å². The molecule has 2 N–H and O–H groups in total. The molecule has 0 fully saturated rings. The van der Waals surface area contributed by atoms with Crippen LogP contribution in [0.5, 0.6) is 0 Å². The predicted octanol–water partition coefficient (Wildman–Crippen LogP) is 0.0216. The Labute approximate surface area is 42.9 Å². The fourth-order valence-electron chi connectivity index (χ4n) is 0.162. The highest BCUT2D eigenvalue weighted by molar-refractivity contribution is 5.83. The van der Waals surface area contributed by atoms with Gasteiger partial charge in [-0.1, -0.05) is 0 Å². The van der Waals surface area contributed by atoms with Crippen molar-refractivity contribution in [3.05, 3.63) is 0 Å². The molecule has 3 nitrogen and oxygen atoms in total. The molecule has 0 aliphatic heterocycles. The van der Waals surface area contributed by atoms with Crippen LogP contribution < -0.4 is 5.73 Å². The lowest BCUT2D eigenvalue weighted by atomic mass is 10.4. The SMILES string of the molecule is C=N/N=C(/C)CN. The third-order valence-corrected chi connectivity index (χ3v) is 0.537. The first kappa shape index (κ1) is 6.30. The van der Waals surface area contributed by atoms with Crippen LogP contribution in [0, 0.1) is 0 Å². The van der Waals surface area contributed by atoms with E-state index in [9.17, 15) is 0 Å². The Morgan fingerprint density at radius 1 is 1.86 bits per heavy atom. The van der Waals surface area contributed by atoms with Crippen molar-refractivity contribution >= 4 is 12.4 Å². The molecule has 0 heterocycles. The second kappa shape index (κ2) is 3.49. The van der Waals surface area contributed by atoms with E-state index in [1.807, 2.05) is 0 Å². The zero-order valence-electron chi connectivity index (χ0n) is 4.39. The van der Waals surface area contributed by atoms with E-state index in [2.05, 4.69) is 16.9 Å². The van der Waals surface area contributed by atoms with Crippen LogP contribution in [0.4, 0.5) is 0 Å².